The van der Waals surface area contributed by atoms with Gasteiger partial charge in [0.05, 0.1) is 20.1 Å². The predicted octanol–water partition coefficient (Wildman–Crippen LogP) is 2.25. The zero-order valence-electron chi connectivity index (χ0n) is 15.1. The first kappa shape index (κ1) is 21.1. The third kappa shape index (κ3) is 7.33. The molecule has 0 unspecified atom stereocenters. The van der Waals surface area contributed by atoms with Crippen molar-refractivity contribution in [2.75, 3.05) is 13.7 Å². The molecule has 0 bridgehead atoms. The van der Waals surface area contributed by atoms with Gasteiger partial charge in [0.15, 0.2) is 11.9 Å². The molecule has 1 rings (SSSR count). The van der Waals surface area contributed by atoms with Gasteiger partial charge in [0, 0.05) is 12.0 Å². The van der Waals surface area contributed by atoms with Crippen LogP contribution in [-0.4, -0.2) is 43.6 Å². The second-order valence-electron chi connectivity index (χ2n) is 5.41. The predicted molar refractivity (Wildman–Crippen MR) is 91.9 cm³/mol. The van der Waals surface area contributed by atoms with Gasteiger partial charge in [0.1, 0.15) is 5.75 Å². The largest absolute Gasteiger partial charge is 0.494 e. The summed E-state index contributed by atoms with van der Waals surface area (Å²) in [5, 5.41) is 1.89. The average Bonchev–Trinajstić information content (AvgIpc) is 2.64. The number of hydrogen-bond acceptors (Lipinski definition) is 7. The fraction of sp³-hybridized carbons (Fsp3) is 0.444. The van der Waals surface area contributed by atoms with E-state index in [1.807, 2.05) is 12.2 Å². The molecule has 1 aromatic carbocycles. The molecule has 1 aromatic rings. The van der Waals surface area contributed by atoms with Gasteiger partial charge in [-0.2, -0.15) is 0 Å². The summed E-state index contributed by atoms with van der Waals surface area (Å²) in [4.78, 5) is 46.3. The Morgan fingerprint density at radius 3 is 2.31 bits per heavy atom. The highest BCUT2D eigenvalue weighted by Crippen LogP contribution is 2.14. The van der Waals surface area contributed by atoms with E-state index in [1.54, 1.807) is 24.3 Å². The molecule has 0 spiro atoms. The van der Waals surface area contributed by atoms with Crippen molar-refractivity contribution in [2.45, 2.75) is 39.2 Å². The Hall–Kier alpha value is -2.90. The number of benzene rings is 1. The lowest BCUT2D eigenvalue weighted by atomic mass is 10.1. The minimum absolute atomic E-state index is 0.0562. The van der Waals surface area contributed by atoms with Crippen molar-refractivity contribution < 1.29 is 33.4 Å². The molecule has 0 aliphatic carbocycles. The molecule has 8 nitrogen and oxygen atoms in total. The van der Waals surface area contributed by atoms with E-state index in [1.165, 1.54) is 6.92 Å². The summed E-state index contributed by atoms with van der Waals surface area (Å²) < 4.78 is 14.6. The van der Waals surface area contributed by atoms with Gasteiger partial charge in [0.2, 0.25) is 0 Å². The van der Waals surface area contributed by atoms with Crippen LogP contribution in [0.3, 0.4) is 0 Å². The van der Waals surface area contributed by atoms with E-state index in [0.717, 1.165) is 13.5 Å². The van der Waals surface area contributed by atoms with Crippen molar-refractivity contribution in [3.05, 3.63) is 29.8 Å². The number of amides is 2. The number of Topliss-reactive ketones (excluding diaryl/α,β-unsaturated/α-hetero) is 1. The highest BCUT2D eigenvalue weighted by molar-refractivity contribution is 5.98. The quantitative estimate of drug-likeness (QED) is 0.528. The highest BCUT2D eigenvalue weighted by atomic mass is 16.6. The van der Waals surface area contributed by atoms with Crippen molar-refractivity contribution >= 4 is 23.8 Å². The van der Waals surface area contributed by atoms with Gasteiger partial charge in [-0.25, -0.2) is 4.79 Å². The Morgan fingerprint density at radius 1 is 1.08 bits per heavy atom. The molecule has 142 valence electrons. The normalized spacial score (nSPS) is 11.2. The first-order valence-electron chi connectivity index (χ1n) is 8.21. The Bertz CT molecular complexity index is 639. The summed E-state index contributed by atoms with van der Waals surface area (Å²) in [5.41, 5.74) is 0.457. The van der Waals surface area contributed by atoms with Crippen LogP contribution < -0.4 is 10.1 Å². The lowest BCUT2D eigenvalue weighted by Crippen LogP contribution is -2.39. The summed E-state index contributed by atoms with van der Waals surface area (Å²) >= 11 is 0. The number of ketones is 1. The topological polar surface area (TPSA) is 108 Å². The van der Waals surface area contributed by atoms with Crippen LogP contribution in [0.5, 0.6) is 5.75 Å². The molecule has 0 aliphatic rings. The molecular weight excluding hydrogens is 342 g/mol. The maximum Gasteiger partial charge on any atom is 0.413 e. The third-order valence-corrected chi connectivity index (χ3v) is 3.29. The zero-order valence-corrected chi connectivity index (χ0v) is 15.1. The molecular formula is C18H23NO7. The number of esters is 1. The third-order valence-electron chi connectivity index (χ3n) is 3.29. The monoisotopic (exact) mass is 365 g/mol. The van der Waals surface area contributed by atoms with Crippen LogP contribution in [0, 0.1) is 0 Å². The lowest BCUT2D eigenvalue weighted by Gasteiger charge is -2.12. The molecule has 1 N–H and O–H groups in total. The lowest BCUT2D eigenvalue weighted by molar-refractivity contribution is -0.154. The van der Waals surface area contributed by atoms with Crippen LogP contribution in [0.4, 0.5) is 4.79 Å². The van der Waals surface area contributed by atoms with Crippen molar-refractivity contribution in [2.24, 2.45) is 0 Å². The number of carbonyl (C=O) groups is 4. The molecule has 26 heavy (non-hydrogen) atoms. The van der Waals surface area contributed by atoms with Gasteiger partial charge < -0.3 is 14.2 Å². The van der Waals surface area contributed by atoms with E-state index >= 15 is 0 Å². The molecule has 0 radical (unpaired) electrons. The fourth-order valence-electron chi connectivity index (χ4n) is 1.88. The second kappa shape index (κ2) is 10.9. The molecule has 0 saturated heterocycles. The maximum absolute atomic E-state index is 12.1. The number of ether oxygens (including phenoxy) is 3. The van der Waals surface area contributed by atoms with E-state index in [9.17, 15) is 19.2 Å². The van der Waals surface area contributed by atoms with Crippen molar-refractivity contribution in [1.82, 2.24) is 5.32 Å². The van der Waals surface area contributed by atoms with Gasteiger partial charge in [-0.1, -0.05) is 6.92 Å². The van der Waals surface area contributed by atoms with Crippen LogP contribution in [0.25, 0.3) is 0 Å². The first-order valence-corrected chi connectivity index (χ1v) is 8.21. The van der Waals surface area contributed by atoms with Crippen LogP contribution in [0.15, 0.2) is 24.3 Å². The number of rotatable bonds is 9. The molecule has 8 heteroatoms. The van der Waals surface area contributed by atoms with Crippen molar-refractivity contribution in [3.8, 4) is 5.75 Å². The van der Waals surface area contributed by atoms with E-state index in [-0.39, 0.29) is 18.6 Å². The number of imide groups is 1. The minimum Gasteiger partial charge on any atom is -0.494 e. The second-order valence-corrected chi connectivity index (χ2v) is 5.41. The van der Waals surface area contributed by atoms with E-state index in [0.29, 0.717) is 17.9 Å². The Kier molecular flexibility index (Phi) is 8.83. The summed E-state index contributed by atoms with van der Waals surface area (Å²) in [6.07, 6.45) is -1.47. The molecule has 0 heterocycles. The van der Waals surface area contributed by atoms with E-state index in [2.05, 4.69) is 4.74 Å². The smallest absolute Gasteiger partial charge is 0.413 e. The Labute approximate surface area is 151 Å². The summed E-state index contributed by atoms with van der Waals surface area (Å²) in [5.74, 6) is -1.07. The number of nitrogens with one attached hydrogen (secondary N) is 1. The number of carbonyl (C=O) groups excluding carboxylic acids is 4. The van der Waals surface area contributed by atoms with Crippen LogP contribution in [0.1, 0.15) is 43.5 Å². The highest BCUT2D eigenvalue weighted by Gasteiger charge is 2.20. The minimum atomic E-state index is -1.17. The summed E-state index contributed by atoms with van der Waals surface area (Å²) in [7, 11) is 1.10. The van der Waals surface area contributed by atoms with Gasteiger partial charge in [0.25, 0.3) is 5.91 Å². The zero-order chi connectivity index (χ0) is 19.5. The number of alkyl carbamates (subject to hydrolysis) is 1. The first-order chi connectivity index (χ1) is 12.4. The van der Waals surface area contributed by atoms with Gasteiger partial charge >= 0.3 is 12.1 Å². The van der Waals surface area contributed by atoms with E-state index < -0.39 is 24.1 Å². The number of methoxy groups -OCH3 is 1. The molecule has 1 atom stereocenters. The maximum atomic E-state index is 12.1. The van der Waals surface area contributed by atoms with Gasteiger partial charge in [-0.15, -0.1) is 0 Å². The Morgan fingerprint density at radius 2 is 1.73 bits per heavy atom. The fourth-order valence-corrected chi connectivity index (χ4v) is 1.88. The SMILES string of the molecule is CCCOc1ccc(C(=O)CCC(=O)O[C@@H](C)C(=O)NC(=O)OC)cc1. The molecule has 2 amide bonds. The van der Waals surface area contributed by atoms with Crippen LogP contribution in [-0.2, 0) is 19.1 Å². The summed E-state index contributed by atoms with van der Waals surface area (Å²) in [6, 6.07) is 6.65. The molecule has 0 aromatic heterocycles. The average molecular weight is 365 g/mol. The Balaban J connectivity index is 2.42. The molecule has 0 fully saturated rings. The molecule has 0 saturated carbocycles. The van der Waals surface area contributed by atoms with Crippen molar-refractivity contribution in [3.63, 3.8) is 0 Å². The van der Waals surface area contributed by atoms with Crippen LogP contribution >= 0.6 is 0 Å². The van der Waals surface area contributed by atoms with E-state index in [4.69, 9.17) is 9.47 Å². The van der Waals surface area contributed by atoms with Crippen molar-refractivity contribution in [1.29, 1.82) is 0 Å². The molecule has 0 aliphatic heterocycles. The van der Waals surface area contributed by atoms with Gasteiger partial charge in [-0.05, 0) is 37.6 Å². The standard InChI is InChI=1S/C18H23NO7/c1-4-11-25-14-7-5-13(6-8-14)15(20)9-10-16(21)26-12(2)17(22)19-18(23)24-3/h5-8,12H,4,9-11H2,1-3H3,(H,19,22,23)/t12-/m0/s1. The number of hydrogen-bond donors (Lipinski definition) is 1. The van der Waals surface area contributed by atoms with Gasteiger partial charge in [-0.3, -0.25) is 19.7 Å². The van der Waals surface area contributed by atoms with Crippen LogP contribution in [0.2, 0.25) is 0 Å². The summed E-state index contributed by atoms with van der Waals surface area (Å²) in [6.45, 7) is 3.91.